The third kappa shape index (κ3) is 4.49. The second-order valence-electron chi connectivity index (χ2n) is 6.94. The van der Waals surface area contributed by atoms with E-state index in [1.54, 1.807) is 0 Å². The van der Waals surface area contributed by atoms with Crippen molar-refractivity contribution in [3.05, 3.63) is 35.8 Å². The molecule has 7 heteroatoms. The number of pyridine rings is 1. The van der Waals surface area contributed by atoms with E-state index in [9.17, 15) is 4.79 Å². The number of aromatic nitrogens is 2. The minimum atomic E-state index is -0.0527. The second-order valence-corrected chi connectivity index (χ2v) is 6.94. The van der Waals surface area contributed by atoms with E-state index in [1.165, 1.54) is 0 Å². The summed E-state index contributed by atoms with van der Waals surface area (Å²) in [6.45, 7) is 6.01. The van der Waals surface area contributed by atoms with Crippen LogP contribution in [0.3, 0.4) is 0 Å². The molecule has 1 N–H and O–H groups in total. The van der Waals surface area contributed by atoms with Crippen LogP contribution in [0, 0.1) is 12.8 Å². The molecule has 1 atom stereocenters. The van der Waals surface area contributed by atoms with E-state index in [0.29, 0.717) is 38.8 Å². The highest BCUT2D eigenvalue weighted by atomic mass is 16.5. The molecule has 0 aromatic carbocycles. The number of hydrogen-bond donors (Lipinski definition) is 1. The molecule has 2 aromatic rings. The van der Waals surface area contributed by atoms with E-state index in [4.69, 9.17) is 4.74 Å². The van der Waals surface area contributed by atoms with Gasteiger partial charge in [-0.3, -0.25) is 0 Å². The largest absolute Gasteiger partial charge is 0.379 e. The van der Waals surface area contributed by atoms with Crippen LogP contribution in [-0.2, 0) is 11.3 Å². The highest BCUT2D eigenvalue weighted by Crippen LogP contribution is 2.10. The highest BCUT2D eigenvalue weighted by Gasteiger charge is 2.22. The van der Waals surface area contributed by atoms with Crippen LogP contribution < -0.4 is 5.32 Å². The molecule has 1 fully saturated rings. The van der Waals surface area contributed by atoms with Gasteiger partial charge in [0.15, 0.2) is 0 Å². The summed E-state index contributed by atoms with van der Waals surface area (Å²) < 4.78 is 7.68. The second kappa shape index (κ2) is 7.84. The average Bonchev–Trinajstić information content (AvgIpc) is 2.85. The zero-order valence-corrected chi connectivity index (χ0v) is 15.2. The number of carbonyl (C=O) groups excluding carboxylic acids is 1. The maximum atomic E-state index is 12.5. The number of carbonyl (C=O) groups is 1. The van der Waals surface area contributed by atoms with Crippen molar-refractivity contribution in [1.29, 1.82) is 0 Å². The van der Waals surface area contributed by atoms with Crippen molar-refractivity contribution >= 4 is 11.7 Å². The molecular weight excluding hydrogens is 318 g/mol. The molecule has 3 heterocycles. The van der Waals surface area contributed by atoms with Crippen molar-refractivity contribution in [1.82, 2.24) is 24.5 Å². The molecule has 3 rings (SSSR count). The lowest BCUT2D eigenvalue weighted by Crippen LogP contribution is -2.44. The van der Waals surface area contributed by atoms with Gasteiger partial charge in [-0.25, -0.2) is 9.78 Å². The Morgan fingerprint density at radius 2 is 2.28 bits per heavy atom. The minimum Gasteiger partial charge on any atom is -0.379 e. The Balaban J connectivity index is 1.59. The van der Waals surface area contributed by atoms with Crippen molar-refractivity contribution in [3.63, 3.8) is 0 Å². The van der Waals surface area contributed by atoms with Gasteiger partial charge in [-0.1, -0.05) is 6.07 Å². The predicted octanol–water partition coefficient (Wildman–Crippen LogP) is 1.36. The van der Waals surface area contributed by atoms with E-state index in [0.717, 1.165) is 23.6 Å². The Kier molecular flexibility index (Phi) is 5.55. The Bertz CT molecular complexity index is 727. The van der Waals surface area contributed by atoms with Crippen LogP contribution in [0.25, 0.3) is 5.65 Å². The molecule has 0 spiro atoms. The summed E-state index contributed by atoms with van der Waals surface area (Å²) in [5, 5.41) is 2.99. The first-order valence-corrected chi connectivity index (χ1v) is 8.72. The van der Waals surface area contributed by atoms with Crippen LogP contribution in [0.5, 0.6) is 0 Å². The summed E-state index contributed by atoms with van der Waals surface area (Å²) >= 11 is 0. The van der Waals surface area contributed by atoms with Gasteiger partial charge in [-0.2, -0.15) is 0 Å². The summed E-state index contributed by atoms with van der Waals surface area (Å²) in [6, 6.07) is 5.94. The van der Waals surface area contributed by atoms with Gasteiger partial charge >= 0.3 is 6.03 Å². The van der Waals surface area contributed by atoms with Crippen LogP contribution in [0.1, 0.15) is 11.4 Å². The van der Waals surface area contributed by atoms with Crippen LogP contribution in [-0.4, -0.2) is 72.2 Å². The lowest BCUT2D eigenvalue weighted by atomic mass is 10.1. The molecule has 1 aliphatic rings. The first-order chi connectivity index (χ1) is 12.0. The number of hydrogen-bond acceptors (Lipinski definition) is 4. The minimum absolute atomic E-state index is 0.0527. The predicted molar refractivity (Wildman–Crippen MR) is 96.6 cm³/mol. The fourth-order valence-electron chi connectivity index (χ4n) is 3.25. The normalized spacial score (nSPS) is 18.6. The van der Waals surface area contributed by atoms with E-state index in [-0.39, 0.29) is 6.03 Å². The van der Waals surface area contributed by atoms with Crippen molar-refractivity contribution < 1.29 is 9.53 Å². The van der Waals surface area contributed by atoms with Crippen molar-refractivity contribution in [2.24, 2.45) is 5.92 Å². The van der Waals surface area contributed by atoms with Gasteiger partial charge in [0.05, 0.1) is 25.5 Å². The highest BCUT2D eigenvalue weighted by molar-refractivity contribution is 5.74. The van der Waals surface area contributed by atoms with Gasteiger partial charge in [0, 0.05) is 37.4 Å². The number of nitrogens with one attached hydrogen (secondary N) is 1. The molecule has 136 valence electrons. The summed E-state index contributed by atoms with van der Waals surface area (Å²) in [7, 11) is 4.08. The number of amides is 2. The van der Waals surface area contributed by atoms with Gasteiger partial charge in [0.2, 0.25) is 0 Å². The number of nitrogens with zero attached hydrogens (tertiary/aromatic N) is 4. The number of imidazole rings is 1. The zero-order valence-electron chi connectivity index (χ0n) is 15.2. The smallest absolute Gasteiger partial charge is 0.317 e. The van der Waals surface area contributed by atoms with Crippen molar-refractivity contribution in [2.45, 2.75) is 13.5 Å². The monoisotopic (exact) mass is 345 g/mol. The third-order valence-electron chi connectivity index (χ3n) is 4.41. The molecular formula is C18H27N5O2. The topological polar surface area (TPSA) is 62.1 Å². The lowest BCUT2D eigenvalue weighted by Gasteiger charge is -2.25. The molecule has 2 amide bonds. The number of fused-ring (bicyclic) bond motifs is 1. The zero-order chi connectivity index (χ0) is 17.8. The molecule has 0 radical (unpaired) electrons. The molecule has 1 saturated heterocycles. The molecule has 0 bridgehead atoms. The van der Waals surface area contributed by atoms with Crippen LogP contribution in [0.4, 0.5) is 4.79 Å². The maximum Gasteiger partial charge on any atom is 0.317 e. The fraction of sp³-hybridized carbons (Fsp3) is 0.556. The van der Waals surface area contributed by atoms with E-state index >= 15 is 0 Å². The summed E-state index contributed by atoms with van der Waals surface area (Å²) in [5.41, 5.74) is 2.89. The van der Waals surface area contributed by atoms with Gasteiger partial charge in [0.25, 0.3) is 0 Å². The summed E-state index contributed by atoms with van der Waals surface area (Å²) in [4.78, 5) is 21.1. The standard InChI is InChI=1S/C18H27N5O2/c1-14-5-4-6-17-20-16(12-23(14)17)9-19-18(24)22-7-8-25-13-15(11-22)10-21(2)3/h4-6,12,15H,7-11,13H2,1-3H3,(H,19,24). The summed E-state index contributed by atoms with van der Waals surface area (Å²) in [6.07, 6.45) is 1.98. The van der Waals surface area contributed by atoms with Gasteiger partial charge in [-0.05, 0) is 33.2 Å². The Morgan fingerprint density at radius 3 is 3.04 bits per heavy atom. The molecule has 7 nitrogen and oxygen atoms in total. The number of aryl methyl sites for hydroxylation is 1. The number of rotatable bonds is 4. The van der Waals surface area contributed by atoms with Crippen LogP contribution in [0.2, 0.25) is 0 Å². The van der Waals surface area contributed by atoms with E-state index in [2.05, 4.69) is 15.2 Å². The first kappa shape index (κ1) is 17.7. The quantitative estimate of drug-likeness (QED) is 0.909. The molecule has 1 aliphatic heterocycles. The molecule has 0 aliphatic carbocycles. The molecule has 25 heavy (non-hydrogen) atoms. The van der Waals surface area contributed by atoms with Gasteiger partial charge in [0.1, 0.15) is 5.65 Å². The summed E-state index contributed by atoms with van der Waals surface area (Å²) in [5.74, 6) is 0.334. The van der Waals surface area contributed by atoms with Crippen molar-refractivity contribution in [3.8, 4) is 0 Å². The van der Waals surface area contributed by atoms with E-state index < -0.39 is 0 Å². The Morgan fingerprint density at radius 1 is 1.44 bits per heavy atom. The molecule has 1 unspecified atom stereocenters. The van der Waals surface area contributed by atoms with Gasteiger partial charge in [-0.15, -0.1) is 0 Å². The number of urea groups is 1. The average molecular weight is 345 g/mol. The van der Waals surface area contributed by atoms with Gasteiger partial charge < -0.3 is 24.3 Å². The third-order valence-corrected chi connectivity index (χ3v) is 4.41. The SMILES string of the molecule is Cc1cccc2nc(CNC(=O)N3CCOCC(CN(C)C)C3)cn12. The molecule has 2 aromatic heterocycles. The Labute approximate surface area is 148 Å². The van der Waals surface area contributed by atoms with Crippen LogP contribution in [0.15, 0.2) is 24.4 Å². The first-order valence-electron chi connectivity index (χ1n) is 8.72. The van der Waals surface area contributed by atoms with E-state index in [1.807, 2.05) is 54.7 Å². The van der Waals surface area contributed by atoms with Crippen molar-refractivity contribution in [2.75, 3.05) is 46.9 Å². The van der Waals surface area contributed by atoms with Crippen LogP contribution >= 0.6 is 0 Å². The number of ether oxygens (including phenoxy) is 1. The fourth-order valence-corrected chi connectivity index (χ4v) is 3.25. The maximum absolute atomic E-state index is 12.5. The lowest BCUT2D eigenvalue weighted by molar-refractivity contribution is 0.112. The Hall–Kier alpha value is -2.12. The molecule has 0 saturated carbocycles.